The molecule has 0 saturated heterocycles. The van der Waals surface area contributed by atoms with Crippen LogP contribution in [-0.4, -0.2) is 27.4 Å². The van der Waals surface area contributed by atoms with Gasteiger partial charge in [-0.2, -0.15) is 0 Å². The normalized spacial score (nSPS) is 10.4. The van der Waals surface area contributed by atoms with Crippen LogP contribution in [0, 0.1) is 0 Å². The number of methoxy groups -OCH3 is 2. The van der Waals surface area contributed by atoms with E-state index in [0.29, 0.717) is 13.2 Å². The van der Waals surface area contributed by atoms with Gasteiger partial charge in [-0.05, 0) is 36.1 Å². The molecule has 0 spiro atoms. The van der Waals surface area contributed by atoms with Crippen molar-refractivity contribution in [3.05, 3.63) is 48.6 Å². The number of unbranched alkanes of at least 4 members (excludes halogenated alkanes) is 2. The second-order valence-electron chi connectivity index (χ2n) is 6.99. The van der Waals surface area contributed by atoms with Crippen LogP contribution in [-0.2, 0) is 0 Å². The Balaban J connectivity index is 2.75. The predicted octanol–water partition coefficient (Wildman–Crippen LogP) is 7.01. The Hall–Kier alpha value is -2.88. The maximum atomic E-state index is 6.20. The summed E-state index contributed by atoms with van der Waals surface area (Å²) in [7, 11) is 3.30. The smallest absolute Gasteiger partial charge is 0.131 e. The molecule has 0 saturated carbocycles. The molecule has 0 atom stereocenters. The highest BCUT2D eigenvalue weighted by Crippen LogP contribution is 2.46. The van der Waals surface area contributed by atoms with Crippen LogP contribution in [0.4, 0.5) is 0 Å². The highest BCUT2D eigenvalue weighted by Gasteiger charge is 2.21. The average Bonchev–Trinajstić information content (AvgIpc) is 2.78. The van der Waals surface area contributed by atoms with E-state index in [4.69, 9.17) is 18.9 Å². The van der Waals surface area contributed by atoms with Gasteiger partial charge in [-0.15, -0.1) is 0 Å². The molecule has 2 aromatic carbocycles. The Morgan fingerprint density at radius 1 is 0.700 bits per heavy atom. The number of rotatable bonds is 13. The van der Waals surface area contributed by atoms with E-state index in [0.717, 1.165) is 70.9 Å². The summed E-state index contributed by atoms with van der Waals surface area (Å²) >= 11 is 0. The van der Waals surface area contributed by atoms with Gasteiger partial charge in [0.15, 0.2) is 0 Å². The summed E-state index contributed by atoms with van der Waals surface area (Å²) in [6, 6.07) is 7.76. The molecule has 0 N–H and O–H groups in total. The summed E-state index contributed by atoms with van der Waals surface area (Å²) in [5.74, 6) is 2.93. The second kappa shape index (κ2) is 12.0. The van der Waals surface area contributed by atoms with Crippen molar-refractivity contribution in [3.63, 3.8) is 0 Å². The van der Waals surface area contributed by atoms with Crippen LogP contribution in [0.2, 0.25) is 0 Å². The van der Waals surface area contributed by atoms with Crippen LogP contribution in [0.15, 0.2) is 37.4 Å². The summed E-state index contributed by atoms with van der Waals surface area (Å²) in [6.45, 7) is 13.6. The number of ether oxygens (including phenoxy) is 4. The van der Waals surface area contributed by atoms with Gasteiger partial charge in [0, 0.05) is 23.3 Å². The Labute approximate surface area is 181 Å². The van der Waals surface area contributed by atoms with Crippen LogP contribution < -0.4 is 18.9 Å². The first kappa shape index (κ1) is 23.4. The van der Waals surface area contributed by atoms with Crippen LogP contribution >= 0.6 is 0 Å². The van der Waals surface area contributed by atoms with Gasteiger partial charge < -0.3 is 18.9 Å². The molecule has 0 heterocycles. The first-order chi connectivity index (χ1) is 14.6. The molecule has 4 heteroatoms. The third-order valence-electron chi connectivity index (χ3n) is 4.88. The van der Waals surface area contributed by atoms with E-state index in [1.54, 1.807) is 14.2 Å². The van der Waals surface area contributed by atoms with Gasteiger partial charge in [0.25, 0.3) is 0 Å². The van der Waals surface area contributed by atoms with Gasteiger partial charge in [0.1, 0.15) is 23.0 Å². The third-order valence-corrected chi connectivity index (χ3v) is 4.88. The zero-order valence-corrected chi connectivity index (χ0v) is 18.8. The molecule has 2 rings (SSSR count). The molecular weight excluding hydrogens is 376 g/mol. The zero-order valence-electron chi connectivity index (χ0n) is 18.8. The fourth-order valence-corrected chi connectivity index (χ4v) is 3.19. The quantitative estimate of drug-likeness (QED) is 0.333. The first-order valence-corrected chi connectivity index (χ1v) is 10.6. The Bertz CT molecular complexity index is 783. The molecule has 2 aromatic rings. The Kier molecular flexibility index (Phi) is 9.33. The van der Waals surface area contributed by atoms with Crippen LogP contribution in [0.25, 0.3) is 23.3 Å². The molecule has 0 unspecified atom stereocenters. The summed E-state index contributed by atoms with van der Waals surface area (Å²) in [5, 5.41) is 0. The van der Waals surface area contributed by atoms with Crippen molar-refractivity contribution < 1.29 is 18.9 Å². The van der Waals surface area contributed by atoms with E-state index in [2.05, 4.69) is 27.0 Å². The lowest BCUT2D eigenvalue weighted by atomic mass is 9.92. The van der Waals surface area contributed by atoms with E-state index >= 15 is 0 Å². The van der Waals surface area contributed by atoms with Crippen molar-refractivity contribution in [1.82, 2.24) is 0 Å². The maximum absolute atomic E-state index is 6.20. The molecule has 0 aliphatic rings. The molecule has 30 heavy (non-hydrogen) atoms. The molecule has 0 aliphatic carbocycles. The van der Waals surface area contributed by atoms with E-state index in [9.17, 15) is 0 Å². The standard InChI is InChI=1S/C26H34O4/c1-7-11-13-29-23-17-21(27-5)15-19(9-3)25(23)26-20(10-4)16-22(28-6)18-24(26)30-14-12-8-2/h9-10,15-18H,3-4,7-8,11-14H2,1-2,5-6H3. The van der Waals surface area contributed by atoms with Gasteiger partial charge in [-0.25, -0.2) is 0 Å². The van der Waals surface area contributed by atoms with Gasteiger partial charge in [-0.1, -0.05) is 52.0 Å². The lowest BCUT2D eigenvalue weighted by molar-refractivity contribution is 0.303. The van der Waals surface area contributed by atoms with Gasteiger partial charge in [0.2, 0.25) is 0 Å². The lowest BCUT2D eigenvalue weighted by Gasteiger charge is -2.21. The lowest BCUT2D eigenvalue weighted by Crippen LogP contribution is -2.04. The van der Waals surface area contributed by atoms with Crippen LogP contribution in [0.1, 0.15) is 50.7 Å². The largest absolute Gasteiger partial charge is 0.497 e. The average molecular weight is 411 g/mol. The minimum Gasteiger partial charge on any atom is -0.497 e. The summed E-state index contributed by atoms with van der Waals surface area (Å²) < 4.78 is 23.4. The molecule has 0 fully saturated rings. The second-order valence-corrected chi connectivity index (χ2v) is 6.99. The SMILES string of the molecule is C=Cc1cc(OC)cc(OCCCC)c1-c1c(C=C)cc(OC)cc1OCCCC. The minimum atomic E-state index is 0.624. The predicted molar refractivity (Wildman–Crippen MR) is 126 cm³/mol. The minimum absolute atomic E-state index is 0.624. The van der Waals surface area contributed by atoms with Crippen LogP contribution in [0.3, 0.4) is 0 Å². The summed E-state index contributed by atoms with van der Waals surface area (Å²) in [5.41, 5.74) is 3.67. The van der Waals surface area contributed by atoms with E-state index in [1.807, 2.05) is 36.4 Å². The molecule has 162 valence electrons. The molecule has 0 bridgehead atoms. The van der Waals surface area contributed by atoms with Crippen molar-refractivity contribution in [2.75, 3.05) is 27.4 Å². The molecule has 0 aliphatic heterocycles. The van der Waals surface area contributed by atoms with Gasteiger partial charge in [-0.3, -0.25) is 0 Å². The Morgan fingerprint density at radius 3 is 1.40 bits per heavy atom. The highest BCUT2D eigenvalue weighted by atomic mass is 16.5. The number of hydrogen-bond donors (Lipinski definition) is 0. The maximum Gasteiger partial charge on any atom is 0.131 e. The molecule has 0 radical (unpaired) electrons. The van der Waals surface area contributed by atoms with Crippen molar-refractivity contribution in [2.24, 2.45) is 0 Å². The van der Waals surface area contributed by atoms with Crippen molar-refractivity contribution in [3.8, 4) is 34.1 Å². The summed E-state index contributed by atoms with van der Waals surface area (Å²) in [4.78, 5) is 0. The third kappa shape index (κ3) is 5.59. The van der Waals surface area contributed by atoms with Crippen molar-refractivity contribution in [2.45, 2.75) is 39.5 Å². The van der Waals surface area contributed by atoms with Gasteiger partial charge in [0.05, 0.1) is 27.4 Å². The number of hydrogen-bond acceptors (Lipinski definition) is 4. The van der Waals surface area contributed by atoms with E-state index in [1.165, 1.54) is 0 Å². The molecule has 4 nitrogen and oxygen atoms in total. The fraction of sp³-hybridized carbons (Fsp3) is 0.385. The molecule has 0 amide bonds. The van der Waals surface area contributed by atoms with Crippen molar-refractivity contribution in [1.29, 1.82) is 0 Å². The van der Waals surface area contributed by atoms with Gasteiger partial charge >= 0.3 is 0 Å². The summed E-state index contributed by atoms with van der Waals surface area (Å²) in [6.07, 6.45) is 7.68. The topological polar surface area (TPSA) is 36.9 Å². The van der Waals surface area contributed by atoms with Crippen LogP contribution in [0.5, 0.6) is 23.0 Å². The molecule has 0 aromatic heterocycles. The van der Waals surface area contributed by atoms with Crippen molar-refractivity contribution >= 4 is 12.2 Å². The fourth-order valence-electron chi connectivity index (χ4n) is 3.19. The number of benzene rings is 2. The molecular formula is C26H34O4. The highest BCUT2D eigenvalue weighted by molar-refractivity contribution is 5.90. The first-order valence-electron chi connectivity index (χ1n) is 10.6. The van der Waals surface area contributed by atoms with E-state index < -0.39 is 0 Å². The van der Waals surface area contributed by atoms with E-state index in [-0.39, 0.29) is 0 Å². The Morgan fingerprint density at radius 2 is 1.10 bits per heavy atom. The monoisotopic (exact) mass is 410 g/mol. The zero-order chi connectivity index (χ0) is 21.9.